The molecule has 2 aromatic rings. The van der Waals surface area contributed by atoms with Gasteiger partial charge in [0.25, 0.3) is 0 Å². The number of H-pyrrole nitrogens is 1. The lowest BCUT2D eigenvalue weighted by Gasteiger charge is -2.05. The van der Waals surface area contributed by atoms with Gasteiger partial charge in [-0.05, 0) is 54.6 Å². The standard InChI is InChI=1S/C12H11ClINO2/c1-6(2)17-12(16)11-4-7-3-8(13)9(14)5-10(7)15-11/h3-6,15H,1-2H3. The Labute approximate surface area is 118 Å². The number of rotatable bonds is 2. The molecule has 0 amide bonds. The van der Waals surface area contributed by atoms with E-state index in [1.165, 1.54) is 0 Å². The van der Waals surface area contributed by atoms with Crippen LogP contribution in [0.2, 0.25) is 5.02 Å². The van der Waals surface area contributed by atoms with Crippen molar-refractivity contribution in [3.63, 3.8) is 0 Å². The second-order valence-corrected chi connectivity index (χ2v) is 5.56. The van der Waals surface area contributed by atoms with Crippen LogP contribution in [0.3, 0.4) is 0 Å². The first-order valence-electron chi connectivity index (χ1n) is 5.16. The molecule has 0 spiro atoms. The summed E-state index contributed by atoms with van der Waals surface area (Å²) in [5.41, 5.74) is 1.33. The zero-order valence-electron chi connectivity index (χ0n) is 9.38. The summed E-state index contributed by atoms with van der Waals surface area (Å²) in [4.78, 5) is 14.7. The number of ether oxygens (including phenoxy) is 1. The first-order chi connectivity index (χ1) is 7.97. The number of fused-ring (bicyclic) bond motifs is 1. The fourth-order valence-electron chi connectivity index (χ4n) is 1.51. The lowest BCUT2D eigenvalue weighted by Crippen LogP contribution is -2.11. The highest BCUT2D eigenvalue weighted by Crippen LogP contribution is 2.26. The van der Waals surface area contributed by atoms with Gasteiger partial charge in [-0.25, -0.2) is 4.79 Å². The van der Waals surface area contributed by atoms with E-state index in [0.717, 1.165) is 14.5 Å². The molecular weight excluding hydrogens is 352 g/mol. The van der Waals surface area contributed by atoms with E-state index >= 15 is 0 Å². The number of aromatic amines is 1. The number of aromatic nitrogens is 1. The second-order valence-electron chi connectivity index (χ2n) is 3.99. The van der Waals surface area contributed by atoms with Crippen LogP contribution >= 0.6 is 34.2 Å². The van der Waals surface area contributed by atoms with Crippen molar-refractivity contribution >= 4 is 51.1 Å². The van der Waals surface area contributed by atoms with Crippen LogP contribution < -0.4 is 0 Å². The third-order valence-corrected chi connectivity index (χ3v) is 3.75. The van der Waals surface area contributed by atoms with Crippen LogP contribution in [-0.4, -0.2) is 17.1 Å². The van der Waals surface area contributed by atoms with E-state index in [-0.39, 0.29) is 12.1 Å². The molecule has 1 aromatic carbocycles. The molecule has 0 bridgehead atoms. The number of benzene rings is 1. The van der Waals surface area contributed by atoms with Crippen LogP contribution in [0.1, 0.15) is 24.3 Å². The summed E-state index contributed by atoms with van der Waals surface area (Å²) in [5, 5.41) is 1.59. The Bertz CT molecular complexity index is 538. The second kappa shape index (κ2) is 4.86. The van der Waals surface area contributed by atoms with E-state index in [1.54, 1.807) is 6.07 Å². The average molecular weight is 364 g/mol. The highest BCUT2D eigenvalue weighted by atomic mass is 127. The molecule has 0 aliphatic heterocycles. The molecule has 0 fully saturated rings. The maximum Gasteiger partial charge on any atom is 0.355 e. The summed E-state index contributed by atoms with van der Waals surface area (Å²) in [6, 6.07) is 5.49. The molecule has 0 saturated carbocycles. The summed E-state index contributed by atoms with van der Waals surface area (Å²) in [5.74, 6) is -0.345. The Kier molecular flexibility index (Phi) is 3.63. The van der Waals surface area contributed by atoms with Crippen LogP contribution in [0.15, 0.2) is 18.2 Å². The van der Waals surface area contributed by atoms with Crippen molar-refractivity contribution in [3.05, 3.63) is 32.5 Å². The van der Waals surface area contributed by atoms with Crippen LogP contribution in [0, 0.1) is 3.57 Å². The van der Waals surface area contributed by atoms with Gasteiger partial charge in [-0.1, -0.05) is 11.6 Å². The predicted octanol–water partition coefficient (Wildman–Crippen LogP) is 3.99. The number of hydrogen-bond acceptors (Lipinski definition) is 2. The molecule has 1 aromatic heterocycles. The van der Waals surface area contributed by atoms with E-state index in [0.29, 0.717) is 10.7 Å². The number of halogens is 2. The topological polar surface area (TPSA) is 42.1 Å². The first kappa shape index (κ1) is 12.7. The van der Waals surface area contributed by atoms with Gasteiger partial charge in [-0.2, -0.15) is 0 Å². The summed E-state index contributed by atoms with van der Waals surface area (Å²) in [6.07, 6.45) is -0.127. The number of carbonyl (C=O) groups excluding carboxylic acids is 1. The smallest absolute Gasteiger partial charge is 0.355 e. The monoisotopic (exact) mass is 363 g/mol. The molecule has 2 rings (SSSR count). The Morgan fingerprint density at radius 3 is 2.76 bits per heavy atom. The van der Waals surface area contributed by atoms with Gasteiger partial charge in [0.15, 0.2) is 0 Å². The molecule has 3 nitrogen and oxygen atoms in total. The van der Waals surface area contributed by atoms with Gasteiger partial charge in [-0.3, -0.25) is 0 Å². The van der Waals surface area contributed by atoms with E-state index in [4.69, 9.17) is 16.3 Å². The molecule has 0 atom stereocenters. The maximum absolute atomic E-state index is 11.7. The molecule has 0 radical (unpaired) electrons. The number of hydrogen-bond donors (Lipinski definition) is 1. The lowest BCUT2D eigenvalue weighted by atomic mass is 10.2. The predicted molar refractivity (Wildman–Crippen MR) is 76.6 cm³/mol. The Hall–Kier alpha value is -0.750. The van der Waals surface area contributed by atoms with Crippen molar-refractivity contribution in [1.29, 1.82) is 0 Å². The van der Waals surface area contributed by atoms with Crippen molar-refractivity contribution in [2.45, 2.75) is 20.0 Å². The maximum atomic E-state index is 11.7. The molecule has 5 heteroatoms. The highest BCUT2D eigenvalue weighted by Gasteiger charge is 2.13. The lowest BCUT2D eigenvalue weighted by molar-refractivity contribution is 0.0372. The zero-order valence-corrected chi connectivity index (χ0v) is 12.3. The van der Waals surface area contributed by atoms with Crippen molar-refractivity contribution in [2.24, 2.45) is 0 Å². The Balaban J connectivity index is 2.41. The first-order valence-corrected chi connectivity index (χ1v) is 6.62. The normalized spacial score (nSPS) is 11.1. The van der Waals surface area contributed by atoms with E-state index in [9.17, 15) is 4.79 Å². The summed E-state index contributed by atoms with van der Waals surface area (Å²) in [6.45, 7) is 3.64. The number of esters is 1. The van der Waals surface area contributed by atoms with Crippen molar-refractivity contribution in [1.82, 2.24) is 4.98 Å². The Morgan fingerprint density at radius 1 is 1.41 bits per heavy atom. The van der Waals surface area contributed by atoms with Gasteiger partial charge >= 0.3 is 5.97 Å². The highest BCUT2D eigenvalue weighted by molar-refractivity contribution is 14.1. The number of nitrogens with one attached hydrogen (secondary N) is 1. The molecule has 0 saturated heterocycles. The molecule has 0 aliphatic rings. The van der Waals surface area contributed by atoms with E-state index in [2.05, 4.69) is 27.6 Å². The van der Waals surface area contributed by atoms with Gasteiger partial charge in [0.2, 0.25) is 0 Å². The van der Waals surface area contributed by atoms with Gasteiger partial charge in [0, 0.05) is 14.5 Å². The van der Waals surface area contributed by atoms with Gasteiger partial charge in [0.1, 0.15) is 5.69 Å². The largest absolute Gasteiger partial charge is 0.458 e. The van der Waals surface area contributed by atoms with Crippen molar-refractivity contribution in [3.8, 4) is 0 Å². The van der Waals surface area contributed by atoms with Crippen LogP contribution in [0.4, 0.5) is 0 Å². The summed E-state index contributed by atoms with van der Waals surface area (Å²) in [7, 11) is 0. The Morgan fingerprint density at radius 2 is 2.12 bits per heavy atom. The summed E-state index contributed by atoms with van der Waals surface area (Å²) >= 11 is 8.17. The fourth-order valence-corrected chi connectivity index (χ4v) is 2.15. The molecule has 1 N–H and O–H groups in total. The van der Waals surface area contributed by atoms with E-state index < -0.39 is 0 Å². The van der Waals surface area contributed by atoms with Crippen molar-refractivity contribution < 1.29 is 9.53 Å². The quantitative estimate of drug-likeness (QED) is 0.647. The third-order valence-electron chi connectivity index (χ3n) is 2.22. The SMILES string of the molecule is CC(C)OC(=O)c1cc2cc(Cl)c(I)cc2[nH]1. The molecule has 0 aliphatic carbocycles. The van der Waals surface area contributed by atoms with E-state index in [1.807, 2.05) is 26.0 Å². The fraction of sp³-hybridized carbons (Fsp3) is 0.250. The average Bonchev–Trinajstić information content (AvgIpc) is 2.60. The molecular formula is C12H11ClINO2. The van der Waals surface area contributed by atoms with Crippen molar-refractivity contribution in [2.75, 3.05) is 0 Å². The minimum atomic E-state index is -0.345. The van der Waals surface area contributed by atoms with Gasteiger partial charge in [-0.15, -0.1) is 0 Å². The van der Waals surface area contributed by atoms with Crippen LogP contribution in [-0.2, 0) is 4.74 Å². The molecule has 17 heavy (non-hydrogen) atoms. The third kappa shape index (κ3) is 2.74. The van der Waals surface area contributed by atoms with Crippen LogP contribution in [0.25, 0.3) is 10.9 Å². The number of carbonyl (C=O) groups is 1. The van der Waals surface area contributed by atoms with Gasteiger partial charge < -0.3 is 9.72 Å². The summed E-state index contributed by atoms with van der Waals surface area (Å²) < 4.78 is 6.07. The van der Waals surface area contributed by atoms with Crippen LogP contribution in [0.5, 0.6) is 0 Å². The molecule has 1 heterocycles. The minimum Gasteiger partial charge on any atom is -0.458 e. The zero-order chi connectivity index (χ0) is 12.6. The molecule has 90 valence electrons. The minimum absolute atomic E-state index is 0.127. The van der Waals surface area contributed by atoms with Gasteiger partial charge in [0.05, 0.1) is 11.1 Å². The molecule has 0 unspecified atom stereocenters.